The van der Waals surface area contributed by atoms with E-state index in [1.165, 1.54) is 17.2 Å². The first-order valence-electron chi connectivity index (χ1n) is 8.11. The summed E-state index contributed by atoms with van der Waals surface area (Å²) in [5.41, 5.74) is 1.57. The van der Waals surface area contributed by atoms with Gasteiger partial charge in [0, 0.05) is 25.0 Å². The fraction of sp³-hybridized carbons (Fsp3) is 0.235. The molecule has 1 aliphatic rings. The minimum absolute atomic E-state index is 0.154. The summed E-state index contributed by atoms with van der Waals surface area (Å²) >= 11 is 1.03. The van der Waals surface area contributed by atoms with Crippen LogP contribution in [0.15, 0.2) is 43.0 Å². The lowest BCUT2D eigenvalue weighted by Crippen LogP contribution is -2.26. The average molecular weight is 387 g/mol. The molecule has 1 amide bonds. The van der Waals surface area contributed by atoms with E-state index >= 15 is 0 Å². The van der Waals surface area contributed by atoms with Gasteiger partial charge in [-0.2, -0.15) is 4.37 Å². The van der Waals surface area contributed by atoms with E-state index in [9.17, 15) is 9.18 Å². The smallest absolute Gasteiger partial charge is 0.414 e. The van der Waals surface area contributed by atoms with Crippen LogP contribution in [0.25, 0.3) is 0 Å². The zero-order valence-corrected chi connectivity index (χ0v) is 14.8. The number of carbonyl (C=O) groups is 1. The Morgan fingerprint density at radius 3 is 3.00 bits per heavy atom. The van der Waals surface area contributed by atoms with E-state index in [4.69, 9.17) is 9.47 Å². The lowest BCUT2D eigenvalue weighted by molar-refractivity contribution is 0.103. The molecule has 1 atom stereocenters. The van der Waals surface area contributed by atoms with E-state index in [1.807, 2.05) is 0 Å². The van der Waals surface area contributed by atoms with E-state index in [0.29, 0.717) is 29.2 Å². The number of hydrogen-bond donors (Lipinski definition) is 0. The van der Waals surface area contributed by atoms with Crippen LogP contribution >= 0.6 is 11.7 Å². The molecule has 138 valence electrons. The predicted molar refractivity (Wildman–Crippen MR) is 94.3 cm³/mol. The van der Waals surface area contributed by atoms with Gasteiger partial charge in [-0.25, -0.2) is 9.18 Å². The third-order valence-corrected chi connectivity index (χ3v) is 4.43. The average Bonchev–Trinajstić information content (AvgIpc) is 3.32. The maximum absolute atomic E-state index is 14.5. The number of rotatable bonds is 6. The van der Waals surface area contributed by atoms with Gasteiger partial charge in [0.15, 0.2) is 6.10 Å². The minimum atomic E-state index is -0.541. The van der Waals surface area contributed by atoms with Crippen molar-refractivity contribution >= 4 is 23.5 Å². The molecule has 1 aromatic carbocycles. The molecule has 4 rings (SSSR count). The molecule has 0 unspecified atom stereocenters. The molecule has 1 aliphatic heterocycles. The summed E-state index contributed by atoms with van der Waals surface area (Å²) < 4.78 is 32.9. The number of aromatic nitrogens is 4. The highest BCUT2D eigenvalue weighted by molar-refractivity contribution is 6.99. The zero-order valence-electron chi connectivity index (χ0n) is 14.0. The third kappa shape index (κ3) is 4.00. The van der Waals surface area contributed by atoms with Gasteiger partial charge in [-0.3, -0.25) is 14.9 Å². The summed E-state index contributed by atoms with van der Waals surface area (Å²) in [6.07, 6.45) is 5.52. The Morgan fingerprint density at radius 1 is 1.33 bits per heavy atom. The lowest BCUT2D eigenvalue weighted by Gasteiger charge is -2.14. The number of anilines is 1. The Kier molecular flexibility index (Phi) is 4.88. The van der Waals surface area contributed by atoms with E-state index in [0.717, 1.165) is 11.7 Å². The number of ether oxygens (including phenoxy) is 2. The van der Waals surface area contributed by atoms with Crippen molar-refractivity contribution in [3.8, 4) is 5.88 Å². The molecule has 0 spiro atoms. The maximum Gasteiger partial charge on any atom is 0.414 e. The summed E-state index contributed by atoms with van der Waals surface area (Å²) in [6, 6.07) is 4.64. The van der Waals surface area contributed by atoms with E-state index in [2.05, 4.69) is 18.7 Å². The molecule has 0 radical (unpaired) electrons. The molecule has 1 saturated heterocycles. The van der Waals surface area contributed by atoms with Crippen molar-refractivity contribution in [3.63, 3.8) is 0 Å². The highest BCUT2D eigenvalue weighted by Crippen LogP contribution is 2.25. The molecule has 10 heteroatoms. The Hall–Kier alpha value is -3.14. The molecule has 8 nitrogen and oxygen atoms in total. The van der Waals surface area contributed by atoms with Crippen LogP contribution in [0, 0.1) is 5.82 Å². The third-order valence-electron chi connectivity index (χ3n) is 3.97. The molecular weight excluding hydrogens is 373 g/mol. The van der Waals surface area contributed by atoms with E-state index < -0.39 is 18.0 Å². The number of nitrogens with zero attached hydrogens (tertiary/aromatic N) is 5. The topological polar surface area (TPSA) is 90.3 Å². The Bertz CT molecular complexity index is 926. The maximum atomic E-state index is 14.5. The second kappa shape index (κ2) is 7.62. The van der Waals surface area contributed by atoms with Gasteiger partial charge in [-0.15, -0.1) is 4.37 Å². The standard InChI is InChI=1S/C17H14FN5O3S/c18-15-6-13(2-1-11(15)5-12-7-19-3-4-20-12)23-9-14(26-17(23)24)10-25-16-8-21-27-22-16/h1-4,6-8,14H,5,9-10H2/t14-/m1/s1. The molecule has 0 bridgehead atoms. The van der Waals surface area contributed by atoms with Gasteiger partial charge in [0.1, 0.15) is 18.6 Å². The quantitative estimate of drug-likeness (QED) is 0.642. The van der Waals surface area contributed by atoms with Gasteiger partial charge < -0.3 is 9.47 Å². The van der Waals surface area contributed by atoms with Crippen molar-refractivity contribution in [3.05, 3.63) is 60.1 Å². The van der Waals surface area contributed by atoms with Crippen LogP contribution in [0.4, 0.5) is 14.9 Å². The lowest BCUT2D eigenvalue weighted by atomic mass is 10.1. The fourth-order valence-electron chi connectivity index (χ4n) is 2.68. The number of hydrogen-bond acceptors (Lipinski definition) is 8. The van der Waals surface area contributed by atoms with Crippen molar-refractivity contribution in [1.82, 2.24) is 18.7 Å². The first-order valence-corrected chi connectivity index (χ1v) is 8.84. The molecule has 0 saturated carbocycles. The van der Waals surface area contributed by atoms with Crippen LogP contribution in [0.3, 0.4) is 0 Å². The van der Waals surface area contributed by atoms with Crippen LogP contribution in [0.1, 0.15) is 11.3 Å². The van der Waals surface area contributed by atoms with Gasteiger partial charge in [0.2, 0.25) is 5.88 Å². The molecule has 1 fully saturated rings. The molecule has 27 heavy (non-hydrogen) atoms. The summed E-state index contributed by atoms with van der Waals surface area (Å²) in [5.74, 6) is -0.0342. The van der Waals surface area contributed by atoms with Gasteiger partial charge in [0.05, 0.1) is 29.7 Å². The summed E-state index contributed by atoms with van der Waals surface area (Å²) in [6.45, 7) is 0.417. The molecule has 2 aromatic heterocycles. The molecule has 3 aromatic rings. The van der Waals surface area contributed by atoms with Crippen LogP contribution in [0.2, 0.25) is 0 Å². The minimum Gasteiger partial charge on any atom is -0.472 e. The molecule has 0 aliphatic carbocycles. The monoisotopic (exact) mass is 387 g/mol. The van der Waals surface area contributed by atoms with Crippen molar-refractivity contribution in [1.29, 1.82) is 0 Å². The highest BCUT2D eigenvalue weighted by atomic mass is 32.1. The van der Waals surface area contributed by atoms with Gasteiger partial charge >= 0.3 is 6.09 Å². The van der Waals surface area contributed by atoms with Gasteiger partial charge in [-0.1, -0.05) is 6.07 Å². The highest BCUT2D eigenvalue weighted by Gasteiger charge is 2.33. The number of cyclic esters (lactones) is 1. The van der Waals surface area contributed by atoms with Crippen LogP contribution in [0.5, 0.6) is 5.88 Å². The van der Waals surface area contributed by atoms with Crippen LogP contribution in [-0.4, -0.2) is 44.1 Å². The number of carbonyl (C=O) groups excluding carboxylic acids is 1. The Morgan fingerprint density at radius 2 is 2.26 bits per heavy atom. The first kappa shape index (κ1) is 17.3. The molecule has 3 heterocycles. The van der Waals surface area contributed by atoms with Crippen molar-refractivity contribution < 1.29 is 18.7 Å². The van der Waals surface area contributed by atoms with Crippen molar-refractivity contribution in [2.75, 3.05) is 18.1 Å². The number of halogens is 1. The predicted octanol–water partition coefficient (Wildman–Crippen LogP) is 2.46. The van der Waals surface area contributed by atoms with Gasteiger partial charge in [0.25, 0.3) is 0 Å². The second-order valence-electron chi connectivity index (χ2n) is 5.82. The summed E-state index contributed by atoms with van der Waals surface area (Å²) in [7, 11) is 0. The van der Waals surface area contributed by atoms with Crippen molar-refractivity contribution in [2.24, 2.45) is 0 Å². The Labute approximate surface area is 157 Å². The Balaban J connectivity index is 1.42. The normalized spacial score (nSPS) is 16.4. The molecule has 0 N–H and O–H groups in total. The zero-order chi connectivity index (χ0) is 18.6. The van der Waals surface area contributed by atoms with Gasteiger partial charge in [-0.05, 0) is 17.7 Å². The second-order valence-corrected chi connectivity index (χ2v) is 6.38. The number of amides is 1. The molecular formula is C17H14FN5O3S. The fourth-order valence-corrected chi connectivity index (χ4v) is 3.05. The number of benzene rings is 1. The largest absolute Gasteiger partial charge is 0.472 e. The first-order chi connectivity index (χ1) is 13.2. The summed E-state index contributed by atoms with van der Waals surface area (Å²) in [4.78, 5) is 21.6. The van der Waals surface area contributed by atoms with E-state index in [1.54, 1.807) is 30.7 Å². The van der Waals surface area contributed by atoms with Crippen LogP contribution < -0.4 is 9.64 Å². The van der Waals surface area contributed by atoms with E-state index in [-0.39, 0.29) is 13.2 Å². The SMILES string of the molecule is O=C1O[C@@H](COc2cnsn2)CN1c1ccc(Cc2cnccn2)c(F)c1. The summed E-state index contributed by atoms with van der Waals surface area (Å²) in [5, 5.41) is 0. The van der Waals surface area contributed by atoms with Crippen molar-refractivity contribution in [2.45, 2.75) is 12.5 Å². The van der Waals surface area contributed by atoms with Crippen LogP contribution in [-0.2, 0) is 11.2 Å².